The molecule has 1 aliphatic heterocycles. The number of aryl methyl sites for hydroxylation is 2. The first-order valence-corrected chi connectivity index (χ1v) is 12.9. The van der Waals surface area contributed by atoms with Crippen LogP contribution in [0.3, 0.4) is 0 Å². The van der Waals surface area contributed by atoms with Crippen molar-refractivity contribution >= 4 is 63.2 Å². The van der Waals surface area contributed by atoms with Crippen LogP contribution in [0.4, 0.5) is 11.4 Å². The Kier molecular flexibility index (Phi) is 6.77. The van der Waals surface area contributed by atoms with Crippen LogP contribution in [0.2, 0.25) is 10.0 Å². The topological polar surface area (TPSA) is 49.7 Å². The number of fused-ring (bicyclic) bond motifs is 1. The molecule has 4 nitrogen and oxygen atoms in total. The van der Waals surface area contributed by atoms with E-state index in [1.165, 1.54) is 29.3 Å². The fourth-order valence-corrected chi connectivity index (χ4v) is 5.73. The summed E-state index contributed by atoms with van der Waals surface area (Å²) in [5.74, 6) is -0.186. The van der Waals surface area contributed by atoms with Crippen molar-refractivity contribution in [1.29, 1.82) is 0 Å². The average Bonchev–Trinajstić information content (AvgIpc) is 3.15. The molecule has 0 radical (unpaired) electrons. The number of halogens is 2. The summed E-state index contributed by atoms with van der Waals surface area (Å²) in [6.07, 6.45) is 4.55. The molecule has 3 aromatic carbocycles. The van der Waals surface area contributed by atoms with E-state index in [1.54, 1.807) is 53.4 Å². The van der Waals surface area contributed by atoms with E-state index in [-0.39, 0.29) is 18.1 Å². The molecule has 1 aliphatic carbocycles. The molecule has 0 N–H and O–H groups in total. The third kappa shape index (κ3) is 4.92. The molecule has 2 aliphatic rings. The van der Waals surface area contributed by atoms with E-state index in [0.29, 0.717) is 32.2 Å². The van der Waals surface area contributed by atoms with Crippen LogP contribution in [0.5, 0.6) is 0 Å². The number of ketones is 1. The molecular formula is C27H22Cl2N2O2S. The minimum Gasteiger partial charge on any atom is -0.294 e. The number of Topliss-reactive ketones (excluding diaryl/α,β-unsaturated/α-hetero) is 1. The summed E-state index contributed by atoms with van der Waals surface area (Å²) in [5.41, 5.74) is 4.62. The second kappa shape index (κ2) is 9.95. The van der Waals surface area contributed by atoms with E-state index in [9.17, 15) is 9.59 Å². The third-order valence-electron chi connectivity index (χ3n) is 6.11. The van der Waals surface area contributed by atoms with Gasteiger partial charge in [0.25, 0.3) is 0 Å². The molecule has 0 spiro atoms. The van der Waals surface area contributed by atoms with Crippen LogP contribution in [0, 0.1) is 0 Å². The smallest absolute Gasteiger partial charge is 0.247 e. The number of thioether (sulfide) groups is 1. The standard InChI is InChI=1S/C27H22Cl2N2O2S/c28-20-7-11-22(12-8-20)30-27-31(23-13-9-21(29)10-14-23)26(33)25(34-27)16-24(32)19-6-5-17-3-1-2-4-18(17)15-19/h5-15,25H,1-4,16H2. The predicted molar refractivity (Wildman–Crippen MR) is 141 cm³/mol. The van der Waals surface area contributed by atoms with Crippen molar-refractivity contribution < 1.29 is 9.59 Å². The number of anilines is 1. The maximum atomic E-state index is 13.5. The van der Waals surface area contributed by atoms with Gasteiger partial charge in [-0.2, -0.15) is 0 Å². The van der Waals surface area contributed by atoms with Gasteiger partial charge in [0, 0.05) is 22.0 Å². The Labute approximate surface area is 213 Å². The number of amides is 1. The predicted octanol–water partition coefficient (Wildman–Crippen LogP) is 7.28. The van der Waals surface area contributed by atoms with Gasteiger partial charge in [0.15, 0.2) is 11.0 Å². The van der Waals surface area contributed by atoms with Crippen molar-refractivity contribution in [3.8, 4) is 0 Å². The highest BCUT2D eigenvalue weighted by Gasteiger charge is 2.40. The zero-order valence-corrected chi connectivity index (χ0v) is 20.7. The lowest BCUT2D eigenvalue weighted by molar-refractivity contribution is -0.116. The summed E-state index contributed by atoms with van der Waals surface area (Å²) in [7, 11) is 0. The van der Waals surface area contributed by atoms with Gasteiger partial charge in [-0.1, -0.05) is 47.1 Å². The van der Waals surface area contributed by atoms with Crippen molar-refractivity contribution in [3.05, 3.63) is 93.5 Å². The van der Waals surface area contributed by atoms with E-state index in [4.69, 9.17) is 28.2 Å². The van der Waals surface area contributed by atoms with E-state index < -0.39 is 5.25 Å². The van der Waals surface area contributed by atoms with Crippen LogP contribution in [0.1, 0.15) is 40.7 Å². The third-order valence-corrected chi connectivity index (χ3v) is 7.75. The monoisotopic (exact) mass is 508 g/mol. The molecule has 172 valence electrons. The number of nitrogens with zero attached hydrogens (tertiary/aromatic N) is 2. The van der Waals surface area contributed by atoms with Crippen molar-refractivity contribution in [2.24, 2.45) is 4.99 Å². The average molecular weight is 509 g/mol. The van der Waals surface area contributed by atoms with Crippen molar-refractivity contribution in [1.82, 2.24) is 0 Å². The van der Waals surface area contributed by atoms with Crippen molar-refractivity contribution in [2.75, 3.05) is 4.90 Å². The van der Waals surface area contributed by atoms with Crippen molar-refractivity contribution in [3.63, 3.8) is 0 Å². The molecule has 1 amide bonds. The molecule has 1 saturated heterocycles. The van der Waals surface area contributed by atoms with Crippen LogP contribution in [0.15, 0.2) is 71.7 Å². The van der Waals surface area contributed by atoms with Gasteiger partial charge in [0.05, 0.1) is 16.6 Å². The number of hydrogen-bond acceptors (Lipinski definition) is 4. The van der Waals surface area contributed by atoms with Crippen LogP contribution in [-0.4, -0.2) is 22.1 Å². The summed E-state index contributed by atoms with van der Waals surface area (Å²) >= 11 is 13.4. The molecule has 1 atom stereocenters. The Bertz CT molecular complexity index is 1270. The van der Waals surface area contributed by atoms with E-state index in [1.807, 2.05) is 12.1 Å². The minimum atomic E-state index is -0.551. The fourth-order valence-electron chi connectivity index (χ4n) is 4.32. The second-order valence-electron chi connectivity index (χ2n) is 8.45. The van der Waals surface area contributed by atoms with Crippen LogP contribution < -0.4 is 4.90 Å². The Hall–Kier alpha value is -2.60. The molecule has 7 heteroatoms. The lowest BCUT2D eigenvalue weighted by Crippen LogP contribution is -2.32. The van der Waals surface area contributed by atoms with Gasteiger partial charge in [0.2, 0.25) is 5.91 Å². The van der Waals surface area contributed by atoms with Crippen LogP contribution >= 0.6 is 35.0 Å². The summed E-state index contributed by atoms with van der Waals surface area (Å²) in [4.78, 5) is 32.9. The molecule has 3 aromatic rings. The number of carbonyl (C=O) groups is 2. The van der Waals surface area contributed by atoms with Gasteiger partial charge in [-0.05, 0) is 91.4 Å². The Morgan fingerprint density at radius 1 is 0.912 bits per heavy atom. The number of aliphatic imine (C=N–C) groups is 1. The zero-order chi connectivity index (χ0) is 23.7. The van der Waals surface area contributed by atoms with Gasteiger partial charge >= 0.3 is 0 Å². The molecule has 0 aromatic heterocycles. The van der Waals surface area contributed by atoms with Gasteiger partial charge < -0.3 is 0 Å². The normalized spacial score (nSPS) is 18.9. The molecule has 5 rings (SSSR count). The van der Waals surface area contributed by atoms with E-state index in [2.05, 4.69) is 6.07 Å². The lowest BCUT2D eigenvalue weighted by atomic mass is 9.89. The SMILES string of the molecule is O=C(CC1SC(=Nc2ccc(Cl)cc2)N(c2ccc(Cl)cc2)C1=O)c1ccc2c(c1)CCCC2. The number of benzene rings is 3. The van der Waals surface area contributed by atoms with Gasteiger partial charge in [0.1, 0.15) is 0 Å². The van der Waals surface area contributed by atoms with Crippen LogP contribution in [-0.2, 0) is 17.6 Å². The first-order chi connectivity index (χ1) is 16.5. The van der Waals surface area contributed by atoms with Gasteiger partial charge in [-0.3, -0.25) is 14.5 Å². The number of amidine groups is 1. The number of carbonyl (C=O) groups excluding carboxylic acids is 2. The Morgan fingerprint density at radius 2 is 1.56 bits per heavy atom. The first kappa shape index (κ1) is 23.2. The van der Waals surface area contributed by atoms with E-state index >= 15 is 0 Å². The first-order valence-electron chi connectivity index (χ1n) is 11.2. The van der Waals surface area contributed by atoms with E-state index in [0.717, 1.165) is 19.3 Å². The molecule has 1 fully saturated rings. The van der Waals surface area contributed by atoms with Crippen LogP contribution in [0.25, 0.3) is 0 Å². The molecule has 0 bridgehead atoms. The zero-order valence-electron chi connectivity index (χ0n) is 18.3. The number of hydrogen-bond donors (Lipinski definition) is 0. The highest BCUT2D eigenvalue weighted by atomic mass is 35.5. The maximum Gasteiger partial charge on any atom is 0.247 e. The summed E-state index contributed by atoms with van der Waals surface area (Å²) < 4.78 is 0. The quantitative estimate of drug-likeness (QED) is 0.340. The second-order valence-corrected chi connectivity index (χ2v) is 10.5. The molecule has 34 heavy (non-hydrogen) atoms. The molecular weight excluding hydrogens is 487 g/mol. The van der Waals surface area contributed by atoms with Gasteiger partial charge in [-0.15, -0.1) is 0 Å². The van der Waals surface area contributed by atoms with Gasteiger partial charge in [-0.25, -0.2) is 4.99 Å². The number of rotatable bonds is 5. The fraction of sp³-hybridized carbons (Fsp3) is 0.222. The van der Waals surface area contributed by atoms with Crippen molar-refractivity contribution in [2.45, 2.75) is 37.4 Å². The minimum absolute atomic E-state index is 0.0250. The summed E-state index contributed by atoms with van der Waals surface area (Å²) in [5, 5.41) is 1.17. The molecule has 0 saturated carbocycles. The maximum absolute atomic E-state index is 13.5. The highest BCUT2D eigenvalue weighted by molar-refractivity contribution is 8.16. The summed E-state index contributed by atoms with van der Waals surface area (Å²) in [6, 6.07) is 20.1. The Morgan fingerprint density at radius 3 is 2.26 bits per heavy atom. The lowest BCUT2D eigenvalue weighted by Gasteiger charge is -2.17. The Balaban J connectivity index is 1.42. The molecule has 1 heterocycles. The largest absolute Gasteiger partial charge is 0.294 e. The summed E-state index contributed by atoms with van der Waals surface area (Å²) in [6.45, 7) is 0. The highest BCUT2D eigenvalue weighted by Crippen LogP contribution is 2.36. The molecule has 1 unspecified atom stereocenters.